The Labute approximate surface area is 169 Å². The highest BCUT2D eigenvalue weighted by Gasteiger charge is 2.23. The highest BCUT2D eigenvalue weighted by Crippen LogP contribution is 2.24. The number of non-ortho nitro benzene ring substituents is 1. The molecule has 8 heteroatoms. The SMILES string of the molecule is Cc1cc([N+](=O)[O-])ccc1NC(=O)CNc1cccc(C)c1C(=O)N1CCCC1. The van der Waals surface area contributed by atoms with Crippen molar-refractivity contribution in [3.8, 4) is 0 Å². The van der Waals surface area contributed by atoms with Crippen LogP contribution < -0.4 is 10.6 Å². The fourth-order valence-corrected chi connectivity index (χ4v) is 3.45. The highest BCUT2D eigenvalue weighted by molar-refractivity contribution is 6.02. The molecule has 0 unspecified atom stereocenters. The van der Waals surface area contributed by atoms with Gasteiger partial charge in [0.2, 0.25) is 5.91 Å². The lowest BCUT2D eigenvalue weighted by Crippen LogP contribution is -2.30. The number of hydrogen-bond acceptors (Lipinski definition) is 5. The summed E-state index contributed by atoms with van der Waals surface area (Å²) in [6.45, 7) is 5.07. The summed E-state index contributed by atoms with van der Waals surface area (Å²) in [6, 6.07) is 9.80. The summed E-state index contributed by atoms with van der Waals surface area (Å²) >= 11 is 0. The van der Waals surface area contributed by atoms with Gasteiger partial charge in [-0.3, -0.25) is 19.7 Å². The Morgan fingerprint density at radius 2 is 1.79 bits per heavy atom. The van der Waals surface area contributed by atoms with Crippen LogP contribution >= 0.6 is 0 Å². The zero-order valence-corrected chi connectivity index (χ0v) is 16.5. The molecular weight excluding hydrogens is 372 g/mol. The molecule has 0 bridgehead atoms. The van der Waals surface area contributed by atoms with Crippen LogP contribution in [0.2, 0.25) is 0 Å². The molecule has 2 amide bonds. The third-order valence-electron chi connectivity index (χ3n) is 5.01. The molecule has 0 saturated carbocycles. The summed E-state index contributed by atoms with van der Waals surface area (Å²) in [4.78, 5) is 37.5. The van der Waals surface area contributed by atoms with Crippen LogP contribution in [-0.4, -0.2) is 41.3 Å². The molecule has 8 nitrogen and oxygen atoms in total. The Balaban J connectivity index is 1.68. The first-order chi connectivity index (χ1) is 13.9. The largest absolute Gasteiger partial charge is 0.375 e. The molecule has 0 aromatic heterocycles. The van der Waals surface area contributed by atoms with E-state index in [4.69, 9.17) is 0 Å². The Morgan fingerprint density at radius 1 is 1.07 bits per heavy atom. The molecule has 0 atom stereocenters. The van der Waals surface area contributed by atoms with E-state index in [1.807, 2.05) is 24.0 Å². The summed E-state index contributed by atoms with van der Waals surface area (Å²) in [5.41, 5.74) is 3.17. The number of hydrogen-bond donors (Lipinski definition) is 2. The molecule has 3 rings (SSSR count). The Bertz CT molecular complexity index is 952. The van der Waals surface area contributed by atoms with Gasteiger partial charge in [0.05, 0.1) is 17.0 Å². The number of likely N-dealkylation sites (tertiary alicyclic amines) is 1. The molecule has 2 aromatic carbocycles. The van der Waals surface area contributed by atoms with E-state index in [1.165, 1.54) is 18.2 Å². The van der Waals surface area contributed by atoms with Crippen LogP contribution in [0.25, 0.3) is 0 Å². The van der Waals surface area contributed by atoms with Crippen LogP contribution in [0.3, 0.4) is 0 Å². The van der Waals surface area contributed by atoms with Gasteiger partial charge in [0.25, 0.3) is 11.6 Å². The van der Waals surface area contributed by atoms with E-state index in [-0.39, 0.29) is 24.0 Å². The molecule has 29 heavy (non-hydrogen) atoms. The second-order valence-electron chi connectivity index (χ2n) is 7.15. The summed E-state index contributed by atoms with van der Waals surface area (Å²) in [6.07, 6.45) is 2.02. The summed E-state index contributed by atoms with van der Waals surface area (Å²) in [7, 11) is 0. The number of nitro benzene ring substituents is 1. The molecule has 1 fully saturated rings. The molecular formula is C21H24N4O4. The third kappa shape index (κ3) is 4.71. The van der Waals surface area contributed by atoms with E-state index < -0.39 is 4.92 Å². The van der Waals surface area contributed by atoms with Gasteiger partial charge in [-0.05, 0) is 49.9 Å². The van der Waals surface area contributed by atoms with Gasteiger partial charge in [-0.1, -0.05) is 12.1 Å². The van der Waals surface area contributed by atoms with Gasteiger partial charge in [0, 0.05) is 36.6 Å². The Morgan fingerprint density at radius 3 is 2.45 bits per heavy atom. The van der Waals surface area contributed by atoms with Crippen molar-refractivity contribution in [1.29, 1.82) is 0 Å². The predicted molar refractivity (Wildman–Crippen MR) is 111 cm³/mol. The van der Waals surface area contributed by atoms with Gasteiger partial charge < -0.3 is 15.5 Å². The Hall–Kier alpha value is -3.42. The molecule has 2 N–H and O–H groups in total. The maximum atomic E-state index is 12.9. The number of benzene rings is 2. The van der Waals surface area contributed by atoms with Gasteiger partial charge in [-0.2, -0.15) is 0 Å². The third-order valence-corrected chi connectivity index (χ3v) is 5.01. The number of nitrogens with one attached hydrogen (secondary N) is 2. The lowest BCUT2D eigenvalue weighted by atomic mass is 10.0. The second kappa shape index (κ2) is 8.72. The van der Waals surface area contributed by atoms with Crippen molar-refractivity contribution in [1.82, 2.24) is 4.90 Å². The quantitative estimate of drug-likeness (QED) is 0.574. The van der Waals surface area contributed by atoms with Crippen LogP contribution in [0, 0.1) is 24.0 Å². The van der Waals surface area contributed by atoms with Crippen molar-refractivity contribution in [2.24, 2.45) is 0 Å². The number of aryl methyl sites for hydroxylation is 2. The van der Waals surface area contributed by atoms with Crippen LogP contribution in [0.1, 0.15) is 34.3 Å². The zero-order chi connectivity index (χ0) is 21.0. The maximum absolute atomic E-state index is 12.9. The van der Waals surface area contributed by atoms with Gasteiger partial charge >= 0.3 is 0 Å². The second-order valence-corrected chi connectivity index (χ2v) is 7.15. The van der Waals surface area contributed by atoms with E-state index in [0.717, 1.165) is 31.5 Å². The smallest absolute Gasteiger partial charge is 0.269 e. The van der Waals surface area contributed by atoms with E-state index >= 15 is 0 Å². The van der Waals surface area contributed by atoms with E-state index in [9.17, 15) is 19.7 Å². The predicted octanol–water partition coefficient (Wildman–Crippen LogP) is 3.50. The van der Waals surface area contributed by atoms with E-state index in [2.05, 4.69) is 10.6 Å². The van der Waals surface area contributed by atoms with Crippen LogP contribution in [0.5, 0.6) is 0 Å². The standard InChI is InChI=1S/C21H24N4O4/c1-14-6-5-7-18(20(14)21(27)24-10-3-4-11-24)22-13-19(26)23-17-9-8-16(25(28)29)12-15(17)2/h5-9,12,22H,3-4,10-11,13H2,1-2H3,(H,23,26). The lowest BCUT2D eigenvalue weighted by molar-refractivity contribution is -0.384. The number of carbonyl (C=O) groups excluding carboxylic acids is 2. The zero-order valence-electron chi connectivity index (χ0n) is 16.5. The lowest BCUT2D eigenvalue weighted by Gasteiger charge is -2.20. The fraction of sp³-hybridized carbons (Fsp3) is 0.333. The minimum Gasteiger partial charge on any atom is -0.375 e. The first kappa shape index (κ1) is 20.3. The highest BCUT2D eigenvalue weighted by atomic mass is 16.6. The molecule has 152 valence electrons. The molecule has 2 aromatic rings. The van der Waals surface area contributed by atoms with Crippen molar-refractivity contribution in [2.75, 3.05) is 30.3 Å². The number of carbonyl (C=O) groups is 2. The van der Waals surface area contributed by atoms with Crippen molar-refractivity contribution in [3.05, 3.63) is 63.2 Å². The average molecular weight is 396 g/mol. The summed E-state index contributed by atoms with van der Waals surface area (Å²) < 4.78 is 0. The van der Waals surface area contributed by atoms with Gasteiger partial charge in [-0.25, -0.2) is 0 Å². The number of amides is 2. The molecule has 0 aliphatic carbocycles. The van der Waals surface area contributed by atoms with Crippen LogP contribution in [-0.2, 0) is 4.79 Å². The number of nitrogens with zero attached hydrogens (tertiary/aromatic N) is 2. The topological polar surface area (TPSA) is 105 Å². The number of rotatable bonds is 6. The molecule has 0 spiro atoms. The van der Waals surface area contributed by atoms with Crippen molar-refractivity contribution < 1.29 is 14.5 Å². The average Bonchev–Trinajstić information content (AvgIpc) is 3.22. The Kier molecular flexibility index (Phi) is 6.11. The minimum absolute atomic E-state index is 0.0188. The molecule has 1 saturated heterocycles. The van der Waals surface area contributed by atoms with Crippen molar-refractivity contribution in [3.63, 3.8) is 0 Å². The minimum atomic E-state index is -0.475. The summed E-state index contributed by atoms with van der Waals surface area (Å²) in [5.74, 6) is -0.322. The summed E-state index contributed by atoms with van der Waals surface area (Å²) in [5, 5.41) is 16.6. The van der Waals surface area contributed by atoms with Crippen LogP contribution in [0.15, 0.2) is 36.4 Å². The fourth-order valence-electron chi connectivity index (χ4n) is 3.45. The van der Waals surface area contributed by atoms with Crippen molar-refractivity contribution in [2.45, 2.75) is 26.7 Å². The van der Waals surface area contributed by atoms with E-state index in [0.29, 0.717) is 22.5 Å². The molecule has 1 aliphatic heterocycles. The van der Waals surface area contributed by atoms with Gasteiger partial charge in [-0.15, -0.1) is 0 Å². The van der Waals surface area contributed by atoms with Crippen molar-refractivity contribution >= 4 is 28.9 Å². The monoisotopic (exact) mass is 396 g/mol. The normalized spacial score (nSPS) is 13.2. The van der Waals surface area contributed by atoms with Crippen LogP contribution in [0.4, 0.5) is 17.1 Å². The molecule has 1 heterocycles. The first-order valence-electron chi connectivity index (χ1n) is 9.54. The number of nitro groups is 1. The first-order valence-corrected chi connectivity index (χ1v) is 9.54. The molecule has 0 radical (unpaired) electrons. The maximum Gasteiger partial charge on any atom is 0.269 e. The van der Waals surface area contributed by atoms with E-state index in [1.54, 1.807) is 13.0 Å². The molecule has 1 aliphatic rings. The van der Waals surface area contributed by atoms with Gasteiger partial charge in [0.15, 0.2) is 0 Å². The number of anilines is 2. The van der Waals surface area contributed by atoms with Gasteiger partial charge in [0.1, 0.15) is 0 Å².